The van der Waals surface area contributed by atoms with E-state index in [4.69, 9.17) is 4.52 Å². The van der Waals surface area contributed by atoms with Gasteiger partial charge in [0.05, 0.1) is 16.8 Å². The molecule has 0 unspecified atom stereocenters. The molecule has 1 aliphatic rings. The highest BCUT2D eigenvalue weighted by Gasteiger charge is 2.43. The minimum absolute atomic E-state index is 0.0125. The van der Waals surface area contributed by atoms with Gasteiger partial charge in [-0.15, -0.1) is 11.3 Å². The molecule has 120 valence electrons. The van der Waals surface area contributed by atoms with Gasteiger partial charge in [-0.05, 0) is 37.8 Å². The molecule has 0 amide bonds. The van der Waals surface area contributed by atoms with Gasteiger partial charge in [0.15, 0.2) is 0 Å². The Labute approximate surface area is 129 Å². The van der Waals surface area contributed by atoms with Crippen LogP contribution in [-0.2, 0) is 0 Å². The molecule has 22 heavy (non-hydrogen) atoms. The molecule has 0 N–H and O–H groups in total. The standard InChI is InChI=1S/C14H16F3N3OS/c1-9(20-6-2-4-10(8-20)14(15,16)17)13-18-12(19-21-13)11-5-3-7-22-11/h3,5,7,9-10H,2,4,6,8H2,1H3/t9-,10+/m1/s1. The summed E-state index contributed by atoms with van der Waals surface area (Å²) in [5.74, 6) is -0.421. The summed E-state index contributed by atoms with van der Waals surface area (Å²) in [6, 6.07) is 3.45. The van der Waals surface area contributed by atoms with Crippen LogP contribution < -0.4 is 0 Å². The molecule has 2 aromatic rings. The first kappa shape index (κ1) is 15.5. The Hall–Kier alpha value is -1.41. The molecule has 3 heterocycles. The second kappa shape index (κ2) is 6.00. The number of thiophene rings is 1. The monoisotopic (exact) mass is 331 g/mol. The Balaban J connectivity index is 1.72. The number of nitrogens with zero attached hydrogens (tertiary/aromatic N) is 3. The predicted molar refractivity (Wildman–Crippen MR) is 76.4 cm³/mol. The quantitative estimate of drug-likeness (QED) is 0.848. The van der Waals surface area contributed by atoms with Gasteiger partial charge in [-0.1, -0.05) is 11.2 Å². The fourth-order valence-electron chi connectivity index (χ4n) is 2.69. The third-order valence-electron chi connectivity index (χ3n) is 4.00. The Morgan fingerprint density at radius 1 is 1.45 bits per heavy atom. The van der Waals surface area contributed by atoms with Crippen molar-refractivity contribution in [2.24, 2.45) is 5.92 Å². The molecular formula is C14H16F3N3OS. The fraction of sp³-hybridized carbons (Fsp3) is 0.571. The number of halogens is 3. The molecule has 0 spiro atoms. The Kier molecular flexibility index (Phi) is 4.22. The average Bonchev–Trinajstić information content (AvgIpc) is 3.16. The topological polar surface area (TPSA) is 42.2 Å². The highest BCUT2D eigenvalue weighted by atomic mass is 32.1. The maximum atomic E-state index is 12.9. The van der Waals surface area contributed by atoms with Crippen molar-refractivity contribution in [3.8, 4) is 10.7 Å². The smallest absolute Gasteiger partial charge is 0.337 e. The summed E-state index contributed by atoms with van der Waals surface area (Å²) in [6.45, 7) is 2.41. The molecule has 0 radical (unpaired) electrons. The van der Waals surface area contributed by atoms with Crippen LogP contribution in [0.3, 0.4) is 0 Å². The van der Waals surface area contributed by atoms with E-state index in [1.165, 1.54) is 11.3 Å². The van der Waals surface area contributed by atoms with Gasteiger partial charge in [-0.25, -0.2) is 0 Å². The molecule has 1 aliphatic heterocycles. The van der Waals surface area contributed by atoms with Gasteiger partial charge in [0.1, 0.15) is 0 Å². The highest BCUT2D eigenvalue weighted by Crippen LogP contribution is 2.36. The molecule has 2 aromatic heterocycles. The van der Waals surface area contributed by atoms with Gasteiger partial charge < -0.3 is 4.52 Å². The molecule has 4 nitrogen and oxygen atoms in total. The van der Waals surface area contributed by atoms with Crippen molar-refractivity contribution in [2.75, 3.05) is 13.1 Å². The second-order valence-electron chi connectivity index (χ2n) is 5.49. The molecular weight excluding hydrogens is 315 g/mol. The molecule has 0 aromatic carbocycles. The summed E-state index contributed by atoms with van der Waals surface area (Å²) in [6.07, 6.45) is -3.42. The van der Waals surface area contributed by atoms with Crippen LogP contribution in [0.1, 0.15) is 31.7 Å². The minimum Gasteiger partial charge on any atom is -0.337 e. The lowest BCUT2D eigenvalue weighted by atomic mass is 9.96. The van der Waals surface area contributed by atoms with Crippen molar-refractivity contribution < 1.29 is 17.7 Å². The zero-order valence-corrected chi connectivity index (χ0v) is 12.8. The maximum Gasteiger partial charge on any atom is 0.393 e. The normalized spacial score (nSPS) is 21.9. The first-order chi connectivity index (χ1) is 10.4. The lowest BCUT2D eigenvalue weighted by Gasteiger charge is -2.36. The van der Waals surface area contributed by atoms with Crippen molar-refractivity contribution in [1.82, 2.24) is 15.0 Å². The number of rotatable bonds is 3. The summed E-state index contributed by atoms with van der Waals surface area (Å²) in [7, 11) is 0. The average molecular weight is 331 g/mol. The van der Waals surface area contributed by atoms with Gasteiger partial charge >= 0.3 is 6.18 Å². The summed E-state index contributed by atoms with van der Waals surface area (Å²) < 4.78 is 43.9. The number of hydrogen-bond donors (Lipinski definition) is 0. The van der Waals surface area contributed by atoms with Crippen LogP contribution in [0, 0.1) is 5.92 Å². The van der Waals surface area contributed by atoms with E-state index in [0.717, 1.165) is 4.88 Å². The Bertz CT molecular complexity index is 611. The van der Waals surface area contributed by atoms with Crippen LogP contribution in [0.2, 0.25) is 0 Å². The van der Waals surface area contributed by atoms with E-state index in [9.17, 15) is 13.2 Å². The van der Waals surface area contributed by atoms with Crippen LogP contribution in [0.25, 0.3) is 10.7 Å². The van der Waals surface area contributed by atoms with Crippen molar-refractivity contribution in [2.45, 2.75) is 32.0 Å². The highest BCUT2D eigenvalue weighted by molar-refractivity contribution is 7.13. The van der Waals surface area contributed by atoms with Gasteiger partial charge in [0, 0.05) is 6.54 Å². The first-order valence-electron chi connectivity index (χ1n) is 7.13. The third-order valence-corrected chi connectivity index (χ3v) is 4.87. The van der Waals surface area contributed by atoms with E-state index < -0.39 is 12.1 Å². The van der Waals surface area contributed by atoms with Crippen LogP contribution in [0.15, 0.2) is 22.0 Å². The van der Waals surface area contributed by atoms with Gasteiger partial charge in [0.2, 0.25) is 11.7 Å². The second-order valence-corrected chi connectivity index (χ2v) is 6.43. The fourth-order valence-corrected chi connectivity index (χ4v) is 3.34. The number of aromatic nitrogens is 2. The van der Waals surface area contributed by atoms with E-state index in [2.05, 4.69) is 10.1 Å². The molecule has 0 saturated carbocycles. The van der Waals surface area contributed by atoms with Crippen LogP contribution in [0.5, 0.6) is 0 Å². The third kappa shape index (κ3) is 3.17. The first-order valence-corrected chi connectivity index (χ1v) is 8.01. The largest absolute Gasteiger partial charge is 0.393 e. The van der Waals surface area contributed by atoms with E-state index in [-0.39, 0.29) is 19.0 Å². The van der Waals surface area contributed by atoms with E-state index in [1.54, 1.807) is 4.90 Å². The summed E-state index contributed by atoms with van der Waals surface area (Å²) in [5, 5.41) is 5.83. The Morgan fingerprint density at radius 2 is 2.27 bits per heavy atom. The SMILES string of the molecule is C[C@H](c1nc(-c2cccs2)no1)N1CCC[C@H](C(F)(F)F)C1. The number of likely N-dealkylation sites (tertiary alicyclic amines) is 1. The Morgan fingerprint density at radius 3 is 2.95 bits per heavy atom. The lowest BCUT2D eigenvalue weighted by Crippen LogP contribution is -2.42. The van der Waals surface area contributed by atoms with E-state index in [0.29, 0.717) is 24.7 Å². The van der Waals surface area contributed by atoms with Crippen molar-refractivity contribution >= 4 is 11.3 Å². The maximum absolute atomic E-state index is 12.9. The number of alkyl halides is 3. The van der Waals surface area contributed by atoms with Gasteiger partial charge in [0.25, 0.3) is 0 Å². The van der Waals surface area contributed by atoms with Crippen LogP contribution in [-0.4, -0.2) is 34.3 Å². The summed E-state index contributed by atoms with van der Waals surface area (Å²) in [5.41, 5.74) is 0. The zero-order chi connectivity index (χ0) is 15.7. The molecule has 2 atom stereocenters. The van der Waals surface area contributed by atoms with Crippen LogP contribution >= 0.6 is 11.3 Å². The number of piperidine rings is 1. The molecule has 0 aliphatic carbocycles. The van der Waals surface area contributed by atoms with E-state index in [1.807, 2.05) is 24.4 Å². The van der Waals surface area contributed by atoms with E-state index >= 15 is 0 Å². The van der Waals surface area contributed by atoms with Gasteiger partial charge in [-0.3, -0.25) is 4.90 Å². The molecule has 0 bridgehead atoms. The van der Waals surface area contributed by atoms with Crippen LogP contribution in [0.4, 0.5) is 13.2 Å². The molecule has 3 rings (SSSR count). The molecule has 8 heteroatoms. The predicted octanol–water partition coefficient (Wildman–Crippen LogP) is 4.13. The van der Waals surface area contributed by atoms with Crippen molar-refractivity contribution in [3.63, 3.8) is 0 Å². The summed E-state index contributed by atoms with van der Waals surface area (Å²) in [4.78, 5) is 6.98. The van der Waals surface area contributed by atoms with Crippen molar-refractivity contribution in [3.05, 3.63) is 23.4 Å². The molecule has 1 fully saturated rings. The van der Waals surface area contributed by atoms with Crippen molar-refractivity contribution in [1.29, 1.82) is 0 Å². The zero-order valence-electron chi connectivity index (χ0n) is 12.0. The number of hydrogen-bond acceptors (Lipinski definition) is 5. The minimum atomic E-state index is -4.14. The molecule has 1 saturated heterocycles. The lowest BCUT2D eigenvalue weighted by molar-refractivity contribution is -0.188. The summed E-state index contributed by atoms with van der Waals surface area (Å²) >= 11 is 1.49. The van der Waals surface area contributed by atoms with Gasteiger partial charge in [-0.2, -0.15) is 18.2 Å².